The van der Waals surface area contributed by atoms with Crippen LogP contribution in [0, 0.1) is 13.8 Å². The zero-order chi connectivity index (χ0) is 14.3. The van der Waals surface area contributed by atoms with Crippen molar-refractivity contribution >= 4 is 34.1 Å². The van der Waals surface area contributed by atoms with Gasteiger partial charge in [-0.1, -0.05) is 41.4 Å². The Hall–Kier alpha value is -1.64. The number of aryl methyl sites for hydroxylation is 1. The average molecular weight is 303 g/mol. The zero-order valence-electron chi connectivity index (χ0n) is 11.1. The van der Waals surface area contributed by atoms with E-state index in [2.05, 4.69) is 29.9 Å². The van der Waals surface area contributed by atoms with E-state index in [0.29, 0.717) is 16.0 Å². The summed E-state index contributed by atoms with van der Waals surface area (Å²) in [6.45, 7) is 4.13. The van der Waals surface area contributed by atoms with E-state index >= 15 is 0 Å². The Balaban J connectivity index is 2.28. The van der Waals surface area contributed by atoms with Gasteiger partial charge in [0.2, 0.25) is 0 Å². The highest BCUT2D eigenvalue weighted by molar-refractivity contribution is 6.35. The van der Waals surface area contributed by atoms with Crippen molar-refractivity contribution in [2.45, 2.75) is 13.8 Å². The Bertz CT molecular complexity index is 813. The number of rotatable bonds is 1. The van der Waals surface area contributed by atoms with E-state index in [4.69, 9.17) is 23.2 Å². The van der Waals surface area contributed by atoms with Crippen LogP contribution in [0.5, 0.6) is 0 Å². The van der Waals surface area contributed by atoms with Crippen molar-refractivity contribution in [1.29, 1.82) is 0 Å². The van der Waals surface area contributed by atoms with Gasteiger partial charge in [-0.05, 0) is 43.2 Å². The number of halogens is 2. The highest BCUT2D eigenvalue weighted by atomic mass is 35.5. The Labute approximate surface area is 127 Å². The third-order valence-electron chi connectivity index (χ3n) is 3.46. The van der Waals surface area contributed by atoms with Gasteiger partial charge in [-0.25, -0.2) is 9.97 Å². The molecule has 1 heterocycles. The molecule has 4 heteroatoms. The highest BCUT2D eigenvalue weighted by Gasteiger charge is 2.11. The third-order valence-corrected chi connectivity index (χ3v) is 3.98. The fourth-order valence-electron chi connectivity index (χ4n) is 2.18. The topological polar surface area (TPSA) is 25.8 Å². The van der Waals surface area contributed by atoms with Crippen LogP contribution in [0.2, 0.25) is 10.2 Å². The van der Waals surface area contributed by atoms with E-state index in [-0.39, 0.29) is 0 Å². The second kappa shape index (κ2) is 5.04. The third kappa shape index (κ3) is 2.26. The molecule has 0 spiro atoms. The summed E-state index contributed by atoms with van der Waals surface area (Å²) in [6, 6.07) is 11.5. The minimum Gasteiger partial charge on any atom is -0.228 e. The number of nitrogens with zero attached hydrogens (tertiary/aromatic N) is 2. The van der Waals surface area contributed by atoms with Crippen molar-refractivity contribution in [3.8, 4) is 11.4 Å². The maximum atomic E-state index is 6.27. The van der Waals surface area contributed by atoms with Crippen molar-refractivity contribution in [1.82, 2.24) is 9.97 Å². The van der Waals surface area contributed by atoms with Crippen molar-refractivity contribution in [2.24, 2.45) is 0 Å². The second-order valence-electron chi connectivity index (χ2n) is 4.75. The van der Waals surface area contributed by atoms with Crippen LogP contribution in [-0.2, 0) is 0 Å². The lowest BCUT2D eigenvalue weighted by Gasteiger charge is -2.09. The van der Waals surface area contributed by atoms with Crippen LogP contribution in [0.15, 0.2) is 36.4 Å². The summed E-state index contributed by atoms with van der Waals surface area (Å²) in [4.78, 5) is 9.01. The monoisotopic (exact) mass is 302 g/mol. The molecule has 1 aromatic heterocycles. The molecule has 0 radical (unpaired) electrons. The average Bonchev–Trinajstić information content (AvgIpc) is 2.42. The maximum absolute atomic E-state index is 6.27. The fraction of sp³-hybridized carbons (Fsp3) is 0.125. The van der Waals surface area contributed by atoms with Gasteiger partial charge in [0, 0.05) is 16.0 Å². The molecule has 20 heavy (non-hydrogen) atoms. The standard InChI is InChI=1S/C16H12Cl2N2/c1-9-4-3-5-12(10(9)2)16-19-14-7-6-11(17)8-13(14)15(18)20-16/h3-8H,1-2H3. The van der Waals surface area contributed by atoms with Gasteiger partial charge in [0.15, 0.2) is 5.82 Å². The Kier molecular flexibility index (Phi) is 3.36. The summed E-state index contributed by atoms with van der Waals surface area (Å²) in [5, 5.41) is 1.82. The lowest BCUT2D eigenvalue weighted by Crippen LogP contribution is -1.95. The Morgan fingerprint density at radius 1 is 0.950 bits per heavy atom. The summed E-state index contributed by atoms with van der Waals surface area (Å²) < 4.78 is 0. The number of hydrogen-bond acceptors (Lipinski definition) is 2. The Morgan fingerprint density at radius 3 is 2.55 bits per heavy atom. The van der Waals surface area contributed by atoms with E-state index in [1.165, 1.54) is 5.56 Å². The van der Waals surface area contributed by atoms with Gasteiger partial charge in [-0.3, -0.25) is 0 Å². The highest BCUT2D eigenvalue weighted by Crippen LogP contribution is 2.29. The van der Waals surface area contributed by atoms with Crippen molar-refractivity contribution in [2.75, 3.05) is 0 Å². The van der Waals surface area contributed by atoms with Gasteiger partial charge in [0.25, 0.3) is 0 Å². The molecule has 3 rings (SSSR count). The molecular formula is C16H12Cl2N2. The summed E-state index contributed by atoms with van der Waals surface area (Å²) in [5.74, 6) is 0.644. The number of hydrogen-bond donors (Lipinski definition) is 0. The van der Waals surface area contributed by atoms with Gasteiger partial charge in [-0.15, -0.1) is 0 Å². The molecule has 2 nitrogen and oxygen atoms in total. The molecule has 0 N–H and O–H groups in total. The van der Waals surface area contributed by atoms with Crippen molar-refractivity contribution < 1.29 is 0 Å². The maximum Gasteiger partial charge on any atom is 0.161 e. The molecule has 0 aliphatic heterocycles. The van der Waals surface area contributed by atoms with Crippen LogP contribution in [0.1, 0.15) is 11.1 Å². The smallest absolute Gasteiger partial charge is 0.161 e. The number of fused-ring (bicyclic) bond motifs is 1. The van der Waals surface area contributed by atoms with Gasteiger partial charge >= 0.3 is 0 Å². The lowest BCUT2D eigenvalue weighted by molar-refractivity contribution is 1.20. The molecule has 0 saturated carbocycles. The van der Waals surface area contributed by atoms with E-state index in [0.717, 1.165) is 22.0 Å². The largest absolute Gasteiger partial charge is 0.228 e. The van der Waals surface area contributed by atoms with E-state index in [1.807, 2.05) is 18.2 Å². The lowest BCUT2D eigenvalue weighted by atomic mass is 10.0. The molecular weight excluding hydrogens is 291 g/mol. The number of benzene rings is 2. The van der Waals surface area contributed by atoms with E-state index in [9.17, 15) is 0 Å². The molecule has 0 amide bonds. The number of aromatic nitrogens is 2. The van der Waals surface area contributed by atoms with Gasteiger partial charge in [-0.2, -0.15) is 0 Å². The van der Waals surface area contributed by atoms with Crippen LogP contribution in [-0.4, -0.2) is 9.97 Å². The molecule has 2 aromatic carbocycles. The fourth-order valence-corrected chi connectivity index (χ4v) is 2.58. The first-order chi connectivity index (χ1) is 9.56. The van der Waals surface area contributed by atoms with Crippen LogP contribution >= 0.6 is 23.2 Å². The van der Waals surface area contributed by atoms with Gasteiger partial charge in [0.1, 0.15) is 5.15 Å². The molecule has 0 fully saturated rings. The summed E-state index contributed by atoms with van der Waals surface area (Å²) in [7, 11) is 0. The zero-order valence-corrected chi connectivity index (χ0v) is 12.6. The normalized spacial score (nSPS) is 11.0. The van der Waals surface area contributed by atoms with Crippen LogP contribution in [0.25, 0.3) is 22.3 Å². The molecule has 0 aliphatic carbocycles. The van der Waals surface area contributed by atoms with Crippen molar-refractivity contribution in [3.05, 3.63) is 57.7 Å². The second-order valence-corrected chi connectivity index (χ2v) is 5.54. The molecule has 0 aliphatic rings. The predicted octanol–water partition coefficient (Wildman–Crippen LogP) is 5.22. The quantitative estimate of drug-likeness (QED) is 0.576. The van der Waals surface area contributed by atoms with E-state index < -0.39 is 0 Å². The van der Waals surface area contributed by atoms with Crippen molar-refractivity contribution in [3.63, 3.8) is 0 Å². The molecule has 0 atom stereocenters. The van der Waals surface area contributed by atoms with E-state index in [1.54, 1.807) is 12.1 Å². The summed E-state index contributed by atoms with van der Waals surface area (Å²) in [6.07, 6.45) is 0. The molecule has 0 unspecified atom stereocenters. The first-order valence-corrected chi connectivity index (χ1v) is 7.01. The molecule has 100 valence electrons. The van der Waals surface area contributed by atoms with Crippen LogP contribution in [0.4, 0.5) is 0 Å². The molecule has 0 saturated heterocycles. The summed E-state index contributed by atoms with van der Waals surface area (Å²) in [5.41, 5.74) is 4.17. The Morgan fingerprint density at radius 2 is 1.75 bits per heavy atom. The minimum absolute atomic E-state index is 0.424. The first-order valence-electron chi connectivity index (χ1n) is 6.25. The summed E-state index contributed by atoms with van der Waals surface area (Å²) >= 11 is 12.2. The predicted molar refractivity (Wildman–Crippen MR) is 84.5 cm³/mol. The minimum atomic E-state index is 0.424. The van der Waals surface area contributed by atoms with Gasteiger partial charge in [0.05, 0.1) is 5.52 Å². The first kappa shape index (κ1) is 13.3. The van der Waals surface area contributed by atoms with Crippen LogP contribution in [0.3, 0.4) is 0 Å². The molecule has 0 bridgehead atoms. The van der Waals surface area contributed by atoms with Crippen LogP contribution < -0.4 is 0 Å². The SMILES string of the molecule is Cc1cccc(-c2nc(Cl)c3cc(Cl)ccc3n2)c1C. The molecule has 3 aromatic rings. The van der Waals surface area contributed by atoms with Gasteiger partial charge < -0.3 is 0 Å².